The van der Waals surface area contributed by atoms with Gasteiger partial charge >= 0.3 is 0 Å². The van der Waals surface area contributed by atoms with Gasteiger partial charge in [-0.25, -0.2) is 4.39 Å². The molecule has 0 saturated carbocycles. The molecule has 20 heavy (non-hydrogen) atoms. The molecule has 0 bridgehead atoms. The van der Waals surface area contributed by atoms with E-state index in [4.69, 9.17) is 16.3 Å². The van der Waals surface area contributed by atoms with Crippen molar-refractivity contribution in [3.05, 3.63) is 52.4 Å². The van der Waals surface area contributed by atoms with E-state index in [9.17, 15) is 4.39 Å². The minimum atomic E-state index is -0.320. The van der Waals surface area contributed by atoms with Crippen molar-refractivity contribution >= 4 is 11.6 Å². The molecule has 1 aromatic carbocycles. The largest absolute Gasteiger partial charge is 0.480 e. The molecule has 0 fully saturated rings. The van der Waals surface area contributed by atoms with Crippen LogP contribution < -0.4 is 10.1 Å². The van der Waals surface area contributed by atoms with Crippen LogP contribution in [0, 0.1) is 5.82 Å². The van der Waals surface area contributed by atoms with Gasteiger partial charge in [0.05, 0.1) is 18.8 Å². The third-order valence-electron chi connectivity index (χ3n) is 3.05. The maximum absolute atomic E-state index is 13.8. The molecule has 106 valence electrons. The Morgan fingerprint density at radius 2 is 2.10 bits per heavy atom. The Morgan fingerprint density at radius 3 is 2.65 bits per heavy atom. The molecule has 0 aliphatic heterocycles. The summed E-state index contributed by atoms with van der Waals surface area (Å²) in [6.45, 7) is 0. The van der Waals surface area contributed by atoms with Gasteiger partial charge in [-0.05, 0) is 31.7 Å². The number of nitrogens with zero attached hydrogens (tertiary/aromatic N) is 2. The lowest BCUT2D eigenvalue weighted by molar-refractivity contribution is 0.389. The van der Waals surface area contributed by atoms with Crippen LogP contribution in [0.4, 0.5) is 4.39 Å². The summed E-state index contributed by atoms with van der Waals surface area (Å²) in [5.74, 6) is 0.117. The Morgan fingerprint density at radius 1 is 1.30 bits per heavy atom. The molecular weight excluding hydrogens is 281 g/mol. The van der Waals surface area contributed by atoms with Crippen molar-refractivity contribution in [1.82, 2.24) is 15.5 Å². The fourth-order valence-electron chi connectivity index (χ4n) is 1.91. The maximum Gasteiger partial charge on any atom is 0.233 e. The van der Waals surface area contributed by atoms with Crippen LogP contribution in [0.1, 0.15) is 17.3 Å². The van der Waals surface area contributed by atoms with Gasteiger partial charge in [0.25, 0.3) is 0 Å². The van der Waals surface area contributed by atoms with E-state index in [1.165, 1.54) is 13.2 Å². The first-order chi connectivity index (χ1) is 9.65. The van der Waals surface area contributed by atoms with E-state index in [0.717, 1.165) is 0 Å². The van der Waals surface area contributed by atoms with Crippen molar-refractivity contribution in [2.75, 3.05) is 14.2 Å². The monoisotopic (exact) mass is 295 g/mol. The number of methoxy groups -OCH3 is 1. The first kappa shape index (κ1) is 14.7. The van der Waals surface area contributed by atoms with Crippen molar-refractivity contribution in [1.29, 1.82) is 0 Å². The molecule has 1 N–H and O–H groups in total. The lowest BCUT2D eigenvalue weighted by Gasteiger charge is -2.16. The van der Waals surface area contributed by atoms with Crippen molar-refractivity contribution in [2.45, 2.75) is 12.5 Å². The molecule has 0 amide bonds. The van der Waals surface area contributed by atoms with Gasteiger partial charge in [0.2, 0.25) is 5.88 Å². The highest BCUT2D eigenvalue weighted by Crippen LogP contribution is 2.25. The Balaban J connectivity index is 2.24. The fraction of sp³-hybridized carbons (Fsp3) is 0.286. The zero-order valence-corrected chi connectivity index (χ0v) is 12.0. The van der Waals surface area contributed by atoms with E-state index < -0.39 is 0 Å². The highest BCUT2D eigenvalue weighted by Gasteiger charge is 2.17. The van der Waals surface area contributed by atoms with Crippen LogP contribution in [0.15, 0.2) is 30.3 Å². The van der Waals surface area contributed by atoms with Gasteiger partial charge in [-0.2, -0.15) is 5.10 Å². The Hall–Kier alpha value is -1.72. The van der Waals surface area contributed by atoms with Crippen molar-refractivity contribution in [3.8, 4) is 5.88 Å². The summed E-state index contributed by atoms with van der Waals surface area (Å²) in [6, 6.07) is 7.99. The first-order valence-electron chi connectivity index (χ1n) is 6.13. The molecule has 2 aromatic rings. The molecule has 1 atom stereocenters. The third-order valence-corrected chi connectivity index (χ3v) is 3.40. The Bertz CT molecular complexity index is 557. The van der Waals surface area contributed by atoms with Crippen molar-refractivity contribution < 1.29 is 9.13 Å². The summed E-state index contributed by atoms with van der Waals surface area (Å²) in [6.07, 6.45) is 0.392. The molecule has 0 aliphatic carbocycles. The number of benzene rings is 1. The van der Waals surface area contributed by atoms with Gasteiger partial charge in [0.15, 0.2) is 0 Å². The zero-order chi connectivity index (χ0) is 14.5. The average Bonchev–Trinajstić information content (AvgIpc) is 2.47. The minimum Gasteiger partial charge on any atom is -0.480 e. The SMILES string of the molecule is CNC(Cc1c(F)cccc1Cl)c1ccc(OC)nn1. The molecule has 0 spiro atoms. The van der Waals surface area contributed by atoms with Gasteiger partial charge in [-0.15, -0.1) is 5.10 Å². The lowest BCUT2D eigenvalue weighted by atomic mass is 10.0. The summed E-state index contributed by atoms with van der Waals surface area (Å²) in [5, 5.41) is 11.5. The van der Waals surface area contributed by atoms with Gasteiger partial charge < -0.3 is 10.1 Å². The van der Waals surface area contributed by atoms with Crippen LogP contribution in [-0.4, -0.2) is 24.4 Å². The summed E-state index contributed by atoms with van der Waals surface area (Å²) in [7, 11) is 3.31. The molecule has 2 rings (SSSR count). The van der Waals surface area contributed by atoms with Crippen LogP contribution in [0.25, 0.3) is 0 Å². The topological polar surface area (TPSA) is 47.0 Å². The summed E-state index contributed by atoms with van der Waals surface area (Å²) in [5.41, 5.74) is 1.17. The molecule has 4 nitrogen and oxygen atoms in total. The van der Waals surface area contributed by atoms with E-state index in [2.05, 4.69) is 15.5 Å². The summed E-state index contributed by atoms with van der Waals surface area (Å²) < 4.78 is 18.8. The second kappa shape index (κ2) is 6.63. The van der Waals surface area contributed by atoms with Crippen LogP contribution in [0.5, 0.6) is 5.88 Å². The normalized spacial score (nSPS) is 12.2. The standard InChI is InChI=1S/C14H15ClFN3O/c1-17-13(12-6-7-14(20-2)19-18-12)8-9-10(15)4-3-5-11(9)16/h3-7,13,17H,8H2,1-2H3. The van der Waals surface area contributed by atoms with Crippen LogP contribution >= 0.6 is 11.6 Å². The number of nitrogens with one attached hydrogen (secondary N) is 1. The molecule has 0 saturated heterocycles. The van der Waals surface area contributed by atoms with Crippen molar-refractivity contribution in [2.24, 2.45) is 0 Å². The first-order valence-corrected chi connectivity index (χ1v) is 6.51. The average molecular weight is 296 g/mol. The van der Waals surface area contributed by atoms with Crippen LogP contribution in [-0.2, 0) is 6.42 Å². The highest BCUT2D eigenvalue weighted by molar-refractivity contribution is 6.31. The second-order valence-corrected chi connectivity index (χ2v) is 4.65. The predicted octanol–water partition coefficient (Wildman–Crippen LogP) is 2.78. The Kier molecular flexibility index (Phi) is 4.87. The van der Waals surface area contributed by atoms with Gasteiger partial charge in [-0.1, -0.05) is 17.7 Å². The van der Waals surface area contributed by atoms with Crippen molar-refractivity contribution in [3.63, 3.8) is 0 Å². The molecule has 1 heterocycles. The number of hydrogen-bond donors (Lipinski definition) is 1. The van der Waals surface area contributed by atoms with Gasteiger partial charge in [0.1, 0.15) is 5.82 Å². The second-order valence-electron chi connectivity index (χ2n) is 4.25. The summed E-state index contributed by atoms with van der Waals surface area (Å²) >= 11 is 6.04. The Labute approximate surface area is 121 Å². The lowest BCUT2D eigenvalue weighted by Crippen LogP contribution is -2.21. The van der Waals surface area contributed by atoms with Crippen LogP contribution in [0.2, 0.25) is 5.02 Å². The molecule has 0 radical (unpaired) electrons. The van der Waals surface area contributed by atoms with E-state index in [0.29, 0.717) is 28.6 Å². The smallest absolute Gasteiger partial charge is 0.233 e. The number of ether oxygens (including phenoxy) is 1. The van der Waals surface area contributed by atoms with Crippen LogP contribution in [0.3, 0.4) is 0 Å². The predicted molar refractivity (Wildman–Crippen MR) is 75.5 cm³/mol. The molecular formula is C14H15ClFN3O. The van der Waals surface area contributed by atoms with Gasteiger partial charge in [-0.3, -0.25) is 0 Å². The molecule has 0 aliphatic rings. The third kappa shape index (κ3) is 3.23. The minimum absolute atomic E-state index is 0.178. The van der Waals surface area contributed by atoms with E-state index in [1.54, 1.807) is 31.3 Å². The quantitative estimate of drug-likeness (QED) is 0.921. The zero-order valence-electron chi connectivity index (χ0n) is 11.2. The maximum atomic E-state index is 13.8. The number of likely N-dealkylation sites (N-methyl/N-ethyl adjacent to an activating group) is 1. The number of halogens is 2. The van der Waals surface area contributed by atoms with E-state index in [-0.39, 0.29) is 11.9 Å². The van der Waals surface area contributed by atoms with E-state index >= 15 is 0 Å². The highest BCUT2D eigenvalue weighted by atomic mass is 35.5. The molecule has 1 aromatic heterocycles. The summed E-state index contributed by atoms with van der Waals surface area (Å²) in [4.78, 5) is 0. The number of rotatable bonds is 5. The molecule has 1 unspecified atom stereocenters. The van der Waals surface area contributed by atoms with E-state index in [1.807, 2.05) is 0 Å². The number of aromatic nitrogens is 2. The van der Waals surface area contributed by atoms with Gasteiger partial charge in [0, 0.05) is 16.7 Å². The number of hydrogen-bond acceptors (Lipinski definition) is 4. The fourth-order valence-corrected chi connectivity index (χ4v) is 2.15. The molecule has 6 heteroatoms.